The first-order chi connectivity index (χ1) is 17.4. The van der Waals surface area contributed by atoms with Crippen molar-refractivity contribution < 1.29 is 45.3 Å². The second kappa shape index (κ2) is 11.0. The highest BCUT2D eigenvalue weighted by atomic mass is 35.5. The first-order valence-corrected chi connectivity index (χ1v) is 13.2. The van der Waals surface area contributed by atoms with Gasteiger partial charge in [-0.15, -0.1) is 5.10 Å². The van der Waals surface area contributed by atoms with Crippen LogP contribution >= 0.6 is 35.0 Å². The molecule has 10 nitrogen and oxygen atoms in total. The van der Waals surface area contributed by atoms with Crippen LogP contribution in [0.2, 0.25) is 10.0 Å². The Morgan fingerprint density at radius 2 is 1.81 bits per heavy atom. The molecular formula is C20H16Cl2F3N3O7S2. The lowest BCUT2D eigenvalue weighted by atomic mass is 9.97. The van der Waals surface area contributed by atoms with Gasteiger partial charge in [-0.05, 0) is 30.3 Å². The van der Waals surface area contributed by atoms with Crippen LogP contribution in [0, 0.1) is 17.5 Å². The highest BCUT2D eigenvalue weighted by molar-refractivity contribution is 7.99. The number of halogens is 5. The zero-order valence-corrected chi connectivity index (χ0v) is 21.2. The average Bonchev–Trinajstić information content (AvgIpc) is 3.30. The fraction of sp³-hybridized carbons (Fsp3) is 0.300. The van der Waals surface area contributed by atoms with Crippen molar-refractivity contribution in [1.29, 1.82) is 0 Å². The molecule has 37 heavy (non-hydrogen) atoms. The molecule has 3 aromatic rings. The first-order valence-electron chi connectivity index (χ1n) is 10.2. The maximum Gasteiger partial charge on any atom is 0.397 e. The molecule has 3 N–H and O–H groups in total. The van der Waals surface area contributed by atoms with Gasteiger partial charge in [0, 0.05) is 10.5 Å². The number of hydrogen-bond acceptors (Lipinski definition) is 9. The van der Waals surface area contributed by atoms with Gasteiger partial charge in [0.15, 0.2) is 17.5 Å². The lowest BCUT2D eigenvalue weighted by molar-refractivity contribution is -0.172. The third-order valence-corrected chi connectivity index (χ3v) is 7.64. The van der Waals surface area contributed by atoms with E-state index in [9.17, 15) is 36.4 Å². The van der Waals surface area contributed by atoms with Gasteiger partial charge >= 0.3 is 10.4 Å². The Labute approximate surface area is 221 Å². The Morgan fingerprint density at radius 1 is 1.14 bits per heavy atom. The third-order valence-electron chi connectivity index (χ3n) is 5.30. The molecule has 2 aromatic carbocycles. The van der Waals surface area contributed by atoms with Crippen LogP contribution in [0.15, 0.2) is 41.4 Å². The van der Waals surface area contributed by atoms with Crippen LogP contribution in [0.25, 0.3) is 11.3 Å². The summed E-state index contributed by atoms with van der Waals surface area (Å²) in [5, 5.41) is 28.6. The van der Waals surface area contributed by atoms with E-state index < -0.39 is 64.2 Å². The summed E-state index contributed by atoms with van der Waals surface area (Å²) >= 11 is 12.8. The van der Waals surface area contributed by atoms with Gasteiger partial charge in [-0.2, -0.15) is 8.42 Å². The molecule has 0 amide bonds. The Bertz CT molecular complexity index is 1390. The van der Waals surface area contributed by atoms with Crippen molar-refractivity contribution in [3.05, 3.63) is 64.0 Å². The number of aromatic nitrogens is 3. The third kappa shape index (κ3) is 6.21. The standard InChI is InChI=1S/C20H16Cl2F3N3O7S2/c21-10-2-1-9(5-11(10)22)36-20-19(35-37(31,32)33)17(18(30)15(7-29)34-20)28-6-14(26-27-28)8-3-12(23)16(25)13(24)4-8/h1-6,15,17-20,29-30H,7H2,(H,31,32,33)/t15?,17?,18-,19-,20+/m0/s1. The number of aliphatic hydroxyl groups is 2. The van der Waals surface area contributed by atoms with Gasteiger partial charge in [0.05, 0.1) is 22.8 Å². The van der Waals surface area contributed by atoms with Gasteiger partial charge in [-0.25, -0.2) is 22.0 Å². The van der Waals surface area contributed by atoms with E-state index in [0.29, 0.717) is 17.0 Å². The van der Waals surface area contributed by atoms with E-state index >= 15 is 0 Å². The van der Waals surface area contributed by atoms with Gasteiger partial charge in [0.2, 0.25) is 0 Å². The molecule has 0 bridgehead atoms. The maximum absolute atomic E-state index is 13.7. The average molecular weight is 602 g/mol. The van der Waals surface area contributed by atoms with Crippen LogP contribution in [0.5, 0.6) is 0 Å². The summed E-state index contributed by atoms with van der Waals surface area (Å²) in [6, 6.07) is 4.31. The summed E-state index contributed by atoms with van der Waals surface area (Å²) < 4.78 is 85.0. The number of rotatable bonds is 7. The molecule has 2 heterocycles. The predicted molar refractivity (Wildman–Crippen MR) is 125 cm³/mol. The maximum atomic E-state index is 13.7. The number of ether oxygens (including phenoxy) is 1. The summed E-state index contributed by atoms with van der Waals surface area (Å²) in [5.74, 6) is -4.66. The highest BCUT2D eigenvalue weighted by Crippen LogP contribution is 2.41. The zero-order chi connectivity index (χ0) is 27.1. The van der Waals surface area contributed by atoms with Crippen molar-refractivity contribution in [2.75, 3.05) is 6.61 Å². The van der Waals surface area contributed by atoms with Crippen LogP contribution in [-0.2, 0) is 19.3 Å². The van der Waals surface area contributed by atoms with Crippen LogP contribution in [0.3, 0.4) is 0 Å². The van der Waals surface area contributed by atoms with Gasteiger partial charge in [-0.1, -0.05) is 40.2 Å². The first kappa shape index (κ1) is 28.1. The van der Waals surface area contributed by atoms with Crippen LogP contribution in [0.1, 0.15) is 6.04 Å². The van der Waals surface area contributed by atoms with Gasteiger partial charge < -0.3 is 14.9 Å². The molecule has 0 radical (unpaired) electrons. The molecule has 1 aliphatic rings. The normalized spacial score (nSPS) is 24.4. The van der Waals surface area contributed by atoms with Crippen molar-refractivity contribution in [2.24, 2.45) is 0 Å². The van der Waals surface area contributed by atoms with Gasteiger partial charge in [-0.3, -0.25) is 4.55 Å². The highest BCUT2D eigenvalue weighted by Gasteiger charge is 2.49. The summed E-state index contributed by atoms with van der Waals surface area (Å²) in [6.45, 7) is -0.718. The molecule has 2 unspecified atom stereocenters. The van der Waals surface area contributed by atoms with Crippen LogP contribution < -0.4 is 0 Å². The van der Waals surface area contributed by atoms with Crippen molar-refractivity contribution in [3.63, 3.8) is 0 Å². The fourth-order valence-electron chi connectivity index (χ4n) is 3.64. The number of hydrogen-bond donors (Lipinski definition) is 3. The Hall–Kier alpha value is -1.95. The monoisotopic (exact) mass is 601 g/mol. The predicted octanol–water partition coefficient (Wildman–Crippen LogP) is 3.27. The lowest BCUT2D eigenvalue weighted by Gasteiger charge is -2.42. The van der Waals surface area contributed by atoms with Gasteiger partial charge in [0.1, 0.15) is 35.5 Å². The minimum Gasteiger partial charge on any atom is -0.394 e. The smallest absolute Gasteiger partial charge is 0.394 e. The molecule has 0 spiro atoms. The summed E-state index contributed by atoms with van der Waals surface area (Å²) in [7, 11) is -5.13. The number of benzene rings is 2. The second-order valence-corrected chi connectivity index (χ2v) is 10.8. The largest absolute Gasteiger partial charge is 0.397 e. The second-order valence-electron chi connectivity index (χ2n) is 7.73. The van der Waals surface area contributed by atoms with Crippen molar-refractivity contribution in [2.45, 2.75) is 34.7 Å². The Kier molecular flexibility index (Phi) is 8.37. The number of aliphatic hydroxyl groups excluding tert-OH is 2. The molecule has 1 fully saturated rings. The molecule has 5 atom stereocenters. The van der Waals surface area contributed by atoms with Crippen molar-refractivity contribution in [1.82, 2.24) is 15.0 Å². The number of thioether (sulfide) groups is 1. The molecule has 4 rings (SSSR count). The van der Waals surface area contributed by atoms with E-state index in [0.717, 1.165) is 22.6 Å². The van der Waals surface area contributed by atoms with E-state index in [2.05, 4.69) is 10.3 Å². The molecule has 1 aromatic heterocycles. The SMILES string of the molecule is O=S(=O)(O)O[C@H]1C(n2cc(-c3cc(F)c(F)c(F)c3)nn2)[C@@H](O)C(CO)O[C@@H]1Sc1ccc(Cl)c(Cl)c1. The minimum atomic E-state index is -5.13. The zero-order valence-electron chi connectivity index (χ0n) is 18.1. The van der Waals surface area contributed by atoms with E-state index in [-0.39, 0.29) is 21.3 Å². The molecule has 1 saturated heterocycles. The fourth-order valence-corrected chi connectivity index (χ4v) is 5.72. The summed E-state index contributed by atoms with van der Waals surface area (Å²) in [4.78, 5) is 0.423. The van der Waals surface area contributed by atoms with Gasteiger partial charge in [0.25, 0.3) is 0 Å². The molecule has 0 aliphatic carbocycles. The van der Waals surface area contributed by atoms with Crippen molar-refractivity contribution in [3.8, 4) is 11.3 Å². The van der Waals surface area contributed by atoms with E-state index in [1.807, 2.05) is 0 Å². The topological polar surface area (TPSA) is 144 Å². The summed E-state index contributed by atoms with van der Waals surface area (Å²) in [5.41, 5.74) is -1.67. The van der Waals surface area contributed by atoms with E-state index in [4.69, 9.17) is 32.1 Å². The Morgan fingerprint density at radius 3 is 2.41 bits per heavy atom. The number of nitrogens with zero attached hydrogens (tertiary/aromatic N) is 3. The van der Waals surface area contributed by atoms with Crippen LogP contribution in [-0.4, -0.2) is 68.5 Å². The lowest BCUT2D eigenvalue weighted by Crippen LogP contribution is -2.56. The summed E-state index contributed by atoms with van der Waals surface area (Å²) in [6.07, 6.45) is -3.55. The molecule has 1 aliphatic heterocycles. The molecule has 17 heteroatoms. The molecular weight excluding hydrogens is 586 g/mol. The Balaban J connectivity index is 1.75. The minimum absolute atomic E-state index is 0.170. The van der Waals surface area contributed by atoms with Crippen molar-refractivity contribution >= 4 is 45.4 Å². The van der Waals surface area contributed by atoms with Crippen LogP contribution in [0.4, 0.5) is 13.2 Å². The van der Waals surface area contributed by atoms with E-state index in [1.54, 1.807) is 0 Å². The quantitative estimate of drug-likeness (QED) is 0.272. The van der Waals surface area contributed by atoms with E-state index in [1.165, 1.54) is 18.2 Å². The molecule has 200 valence electrons. The molecule has 0 saturated carbocycles.